The highest BCUT2D eigenvalue weighted by atomic mass is 35.5. The first-order valence-corrected chi connectivity index (χ1v) is 9.21. The number of hydrogen-bond donors (Lipinski definition) is 1. The van der Waals surface area contributed by atoms with Gasteiger partial charge in [0.25, 0.3) is 0 Å². The first-order valence-electron chi connectivity index (χ1n) is 7.28. The number of esters is 1. The number of cyclic esters (lactones) is 1. The van der Waals surface area contributed by atoms with Crippen molar-refractivity contribution >= 4 is 38.7 Å². The maximum atomic E-state index is 14.5. The van der Waals surface area contributed by atoms with Gasteiger partial charge in [-0.2, -0.15) is 0 Å². The summed E-state index contributed by atoms with van der Waals surface area (Å²) in [4.78, 5) is 11.2. The lowest BCUT2D eigenvalue weighted by Gasteiger charge is -2.09. The summed E-state index contributed by atoms with van der Waals surface area (Å²) in [7, 11) is -4.43. The molecule has 0 radical (unpaired) electrons. The Hall–Kier alpha value is -2.29. The van der Waals surface area contributed by atoms with Gasteiger partial charge in [-0.05, 0) is 42.3 Å². The van der Waals surface area contributed by atoms with Crippen LogP contribution in [0.1, 0.15) is 16.7 Å². The average molecular weight is 400 g/mol. The van der Waals surface area contributed by atoms with E-state index in [-0.39, 0.29) is 23.3 Å². The van der Waals surface area contributed by atoms with Gasteiger partial charge in [-0.25, -0.2) is 27.1 Å². The summed E-state index contributed by atoms with van der Waals surface area (Å²) in [6.07, 6.45) is 0. The van der Waals surface area contributed by atoms with E-state index >= 15 is 0 Å². The van der Waals surface area contributed by atoms with Crippen molar-refractivity contribution in [2.45, 2.75) is 11.8 Å². The minimum Gasteiger partial charge on any atom is -0.457 e. The lowest BCUT2D eigenvalue weighted by molar-refractivity contribution is -0.133. The zero-order chi connectivity index (χ0) is 19.2. The second-order valence-corrected chi connectivity index (χ2v) is 7.64. The molecule has 2 N–H and O–H groups in total. The number of halogens is 3. The Kier molecular flexibility index (Phi) is 4.60. The van der Waals surface area contributed by atoms with Gasteiger partial charge < -0.3 is 4.74 Å². The molecule has 136 valence electrons. The van der Waals surface area contributed by atoms with Crippen LogP contribution in [0.2, 0.25) is 5.02 Å². The van der Waals surface area contributed by atoms with Crippen molar-refractivity contribution in [3.05, 3.63) is 63.7 Å². The van der Waals surface area contributed by atoms with Crippen molar-refractivity contribution in [2.24, 2.45) is 5.14 Å². The maximum Gasteiger partial charge on any atom is 0.339 e. The molecule has 0 amide bonds. The topological polar surface area (TPSA) is 86.5 Å². The van der Waals surface area contributed by atoms with Gasteiger partial charge >= 0.3 is 5.97 Å². The Morgan fingerprint density at radius 2 is 1.85 bits per heavy atom. The maximum absolute atomic E-state index is 14.5. The number of carbonyl (C=O) groups excluding carboxylic acids is 1. The van der Waals surface area contributed by atoms with Crippen LogP contribution >= 0.6 is 11.6 Å². The van der Waals surface area contributed by atoms with Crippen LogP contribution in [0.4, 0.5) is 8.78 Å². The number of aryl methyl sites for hydroxylation is 1. The minimum absolute atomic E-state index is 0.0615. The Labute approximate surface area is 153 Å². The second kappa shape index (κ2) is 6.46. The number of benzene rings is 2. The van der Waals surface area contributed by atoms with Crippen molar-refractivity contribution < 1.29 is 26.7 Å². The van der Waals surface area contributed by atoms with Gasteiger partial charge in [0, 0.05) is 16.2 Å². The lowest BCUT2D eigenvalue weighted by Crippen LogP contribution is -2.15. The number of sulfonamides is 1. The van der Waals surface area contributed by atoms with Gasteiger partial charge in [0.2, 0.25) is 10.0 Å². The number of hydrogen-bond acceptors (Lipinski definition) is 4. The van der Waals surface area contributed by atoms with Crippen molar-refractivity contribution in [1.82, 2.24) is 0 Å². The summed E-state index contributed by atoms with van der Waals surface area (Å²) in [6.45, 7) is 1.45. The first kappa shape index (κ1) is 18.5. The summed E-state index contributed by atoms with van der Waals surface area (Å²) >= 11 is 5.97. The molecule has 0 saturated carbocycles. The molecule has 1 heterocycles. The first-order chi connectivity index (χ1) is 12.1. The van der Waals surface area contributed by atoms with Gasteiger partial charge in [0.05, 0.1) is 5.57 Å². The highest BCUT2D eigenvalue weighted by Gasteiger charge is 2.30. The molecule has 0 saturated heterocycles. The van der Waals surface area contributed by atoms with Crippen LogP contribution in [-0.2, 0) is 19.6 Å². The largest absolute Gasteiger partial charge is 0.457 e. The number of ether oxygens (including phenoxy) is 1. The molecule has 0 bridgehead atoms. The van der Waals surface area contributed by atoms with E-state index in [1.54, 1.807) is 25.1 Å². The fourth-order valence-corrected chi connectivity index (χ4v) is 3.40. The molecule has 0 aromatic heterocycles. The number of carbonyl (C=O) groups is 1. The van der Waals surface area contributed by atoms with E-state index in [1.807, 2.05) is 0 Å². The molecule has 1 aliphatic heterocycles. The molecule has 0 unspecified atom stereocenters. The van der Waals surface area contributed by atoms with Gasteiger partial charge in [0.15, 0.2) is 0 Å². The SMILES string of the molecule is Cc1cc(C2=C(c3cc(F)c(S(N)(=O)=O)cc3F)COC2=O)ccc1Cl. The molecule has 0 spiro atoms. The summed E-state index contributed by atoms with van der Waals surface area (Å²) in [6, 6.07) is 5.93. The summed E-state index contributed by atoms with van der Waals surface area (Å²) in [5.41, 5.74) is 1.01. The molecule has 1 aliphatic rings. The average Bonchev–Trinajstić information content (AvgIpc) is 2.92. The summed E-state index contributed by atoms with van der Waals surface area (Å²) < 4.78 is 56.2. The molecule has 26 heavy (non-hydrogen) atoms. The Morgan fingerprint density at radius 1 is 1.15 bits per heavy atom. The predicted octanol–water partition coefficient (Wildman–Crippen LogP) is 3.04. The van der Waals surface area contributed by atoms with Crippen LogP contribution in [0.3, 0.4) is 0 Å². The van der Waals surface area contributed by atoms with Crippen molar-refractivity contribution in [2.75, 3.05) is 6.61 Å². The molecular weight excluding hydrogens is 388 g/mol. The van der Waals surface area contributed by atoms with E-state index in [4.69, 9.17) is 21.5 Å². The van der Waals surface area contributed by atoms with E-state index in [1.165, 1.54) is 0 Å². The third kappa shape index (κ3) is 3.23. The standard InChI is InChI=1S/C17H12ClF2NO4S/c1-8-4-9(2-3-12(8)18)16-11(7-25-17(16)22)10-5-14(20)15(6-13(10)19)26(21,23)24/h2-6H,7H2,1H3,(H2,21,23,24). The Balaban J connectivity index is 2.23. The number of rotatable bonds is 3. The van der Waals surface area contributed by atoms with Crippen molar-refractivity contribution in [3.63, 3.8) is 0 Å². The minimum atomic E-state index is -4.43. The summed E-state index contributed by atoms with van der Waals surface area (Å²) in [5, 5.41) is 5.35. The van der Waals surface area contributed by atoms with E-state index < -0.39 is 32.5 Å². The fourth-order valence-electron chi connectivity index (χ4n) is 2.69. The van der Waals surface area contributed by atoms with E-state index in [2.05, 4.69) is 0 Å². The van der Waals surface area contributed by atoms with Crippen molar-refractivity contribution in [1.29, 1.82) is 0 Å². The molecule has 2 aromatic rings. The quantitative estimate of drug-likeness (QED) is 0.804. The lowest BCUT2D eigenvalue weighted by atomic mass is 9.95. The van der Waals surface area contributed by atoms with Gasteiger partial charge in [-0.1, -0.05) is 17.7 Å². The molecule has 5 nitrogen and oxygen atoms in total. The third-order valence-electron chi connectivity index (χ3n) is 3.95. The fraction of sp³-hybridized carbons (Fsp3) is 0.118. The van der Waals surface area contributed by atoms with Gasteiger partial charge in [-0.15, -0.1) is 0 Å². The summed E-state index contributed by atoms with van der Waals surface area (Å²) in [5.74, 6) is -2.95. The smallest absolute Gasteiger partial charge is 0.339 e. The second-order valence-electron chi connectivity index (χ2n) is 5.70. The monoisotopic (exact) mass is 399 g/mol. The zero-order valence-electron chi connectivity index (χ0n) is 13.3. The van der Waals surface area contributed by atoms with E-state index in [0.29, 0.717) is 28.3 Å². The van der Waals surface area contributed by atoms with Crippen LogP contribution in [0, 0.1) is 18.6 Å². The van der Waals surface area contributed by atoms with Crippen LogP contribution in [0.15, 0.2) is 35.2 Å². The zero-order valence-corrected chi connectivity index (χ0v) is 14.9. The predicted molar refractivity (Wildman–Crippen MR) is 91.7 cm³/mol. The van der Waals surface area contributed by atoms with Crippen LogP contribution in [0.25, 0.3) is 11.1 Å². The molecule has 3 rings (SSSR count). The molecule has 9 heteroatoms. The van der Waals surface area contributed by atoms with Crippen molar-refractivity contribution in [3.8, 4) is 0 Å². The Morgan fingerprint density at radius 3 is 2.46 bits per heavy atom. The molecule has 0 atom stereocenters. The number of primary sulfonamides is 1. The van der Waals surface area contributed by atoms with Crippen LogP contribution in [-0.4, -0.2) is 21.0 Å². The number of nitrogens with two attached hydrogens (primary N) is 1. The highest BCUT2D eigenvalue weighted by molar-refractivity contribution is 7.89. The normalized spacial score (nSPS) is 14.7. The van der Waals surface area contributed by atoms with E-state index in [9.17, 15) is 22.0 Å². The van der Waals surface area contributed by atoms with Gasteiger partial charge in [-0.3, -0.25) is 0 Å². The van der Waals surface area contributed by atoms with Crippen LogP contribution < -0.4 is 5.14 Å². The highest BCUT2D eigenvalue weighted by Crippen LogP contribution is 2.36. The van der Waals surface area contributed by atoms with Gasteiger partial charge in [0.1, 0.15) is 23.1 Å². The third-order valence-corrected chi connectivity index (χ3v) is 5.30. The molecule has 0 fully saturated rings. The Bertz CT molecular complexity index is 1080. The molecule has 2 aromatic carbocycles. The van der Waals surface area contributed by atoms with E-state index in [0.717, 1.165) is 0 Å². The van der Waals surface area contributed by atoms with Crippen LogP contribution in [0.5, 0.6) is 0 Å². The molecule has 0 aliphatic carbocycles. The molecular formula is C17H12ClF2NO4S.